The maximum absolute atomic E-state index is 13.0. The standard InChI is InChI=1S/C16H22FN3O4S/c17-12-5-3-11(4-6-12)8-14(18)15-10-19(16(21)22)13-2-1-7-25(23,24)20(15)9-13/h3-6,13-15H,1-2,7-10,18H2,(H,21,22). The second-order valence-electron chi connectivity index (χ2n) is 6.68. The molecular weight excluding hydrogens is 349 g/mol. The molecule has 2 fully saturated rings. The van der Waals surface area contributed by atoms with Crippen LogP contribution in [0.5, 0.6) is 0 Å². The zero-order valence-corrected chi connectivity index (χ0v) is 14.5. The predicted octanol–water partition coefficient (Wildman–Crippen LogP) is 0.852. The molecule has 1 amide bonds. The molecule has 138 valence electrons. The van der Waals surface area contributed by atoms with Crippen LogP contribution in [0.25, 0.3) is 0 Å². The predicted molar refractivity (Wildman–Crippen MR) is 90.1 cm³/mol. The van der Waals surface area contributed by atoms with E-state index in [0.717, 1.165) is 5.56 Å². The van der Waals surface area contributed by atoms with Gasteiger partial charge in [0.15, 0.2) is 0 Å². The SMILES string of the molecule is NC(Cc1ccc(F)cc1)C1CN(C(=O)O)C2CCCS(=O)(=O)N1C2. The van der Waals surface area contributed by atoms with Crippen molar-refractivity contribution in [3.63, 3.8) is 0 Å². The highest BCUT2D eigenvalue weighted by Gasteiger charge is 2.45. The highest BCUT2D eigenvalue weighted by Crippen LogP contribution is 2.28. The van der Waals surface area contributed by atoms with Crippen LogP contribution in [0, 0.1) is 5.82 Å². The first-order chi connectivity index (χ1) is 11.8. The normalized spacial score (nSPS) is 29.7. The summed E-state index contributed by atoms with van der Waals surface area (Å²) in [6.45, 7) is 0.206. The Balaban J connectivity index is 1.85. The molecule has 9 heteroatoms. The van der Waals surface area contributed by atoms with Crippen molar-refractivity contribution in [2.24, 2.45) is 5.73 Å². The maximum atomic E-state index is 13.0. The fourth-order valence-electron chi connectivity index (χ4n) is 3.68. The van der Waals surface area contributed by atoms with Crippen LogP contribution >= 0.6 is 0 Å². The van der Waals surface area contributed by atoms with Crippen LogP contribution in [0.4, 0.5) is 9.18 Å². The minimum absolute atomic E-state index is 0.0106. The Kier molecular flexibility index (Phi) is 4.99. The third-order valence-electron chi connectivity index (χ3n) is 5.01. The van der Waals surface area contributed by atoms with Crippen molar-refractivity contribution in [1.82, 2.24) is 9.21 Å². The number of amides is 1. The van der Waals surface area contributed by atoms with Crippen LogP contribution in [-0.4, -0.2) is 65.8 Å². The summed E-state index contributed by atoms with van der Waals surface area (Å²) < 4.78 is 39.5. The summed E-state index contributed by atoms with van der Waals surface area (Å²) in [5.41, 5.74) is 7.05. The first kappa shape index (κ1) is 18.1. The Hall–Kier alpha value is -1.71. The van der Waals surface area contributed by atoms with Crippen LogP contribution in [0.15, 0.2) is 24.3 Å². The van der Waals surface area contributed by atoms with Gasteiger partial charge in [0.1, 0.15) is 5.82 Å². The molecule has 2 aliphatic rings. The van der Waals surface area contributed by atoms with Crippen LogP contribution < -0.4 is 5.73 Å². The third-order valence-corrected chi connectivity index (χ3v) is 6.95. The van der Waals surface area contributed by atoms with Crippen LogP contribution in [0.2, 0.25) is 0 Å². The number of benzene rings is 1. The largest absolute Gasteiger partial charge is 0.465 e. The van der Waals surface area contributed by atoms with Crippen molar-refractivity contribution in [3.05, 3.63) is 35.6 Å². The Morgan fingerprint density at radius 1 is 1.32 bits per heavy atom. The number of carboxylic acid groups (broad SMARTS) is 1. The molecule has 3 rings (SSSR count). The molecule has 2 heterocycles. The molecule has 2 saturated heterocycles. The van der Waals surface area contributed by atoms with Gasteiger partial charge in [0.2, 0.25) is 10.0 Å². The van der Waals surface area contributed by atoms with Gasteiger partial charge in [-0.3, -0.25) is 0 Å². The lowest BCUT2D eigenvalue weighted by Gasteiger charge is -2.44. The number of sulfonamides is 1. The van der Waals surface area contributed by atoms with Gasteiger partial charge in [-0.15, -0.1) is 0 Å². The van der Waals surface area contributed by atoms with E-state index in [2.05, 4.69) is 0 Å². The molecule has 3 N–H and O–H groups in total. The summed E-state index contributed by atoms with van der Waals surface area (Å²) in [6, 6.07) is 4.32. The van der Waals surface area contributed by atoms with E-state index in [1.54, 1.807) is 12.1 Å². The van der Waals surface area contributed by atoms with Crippen LogP contribution in [0.3, 0.4) is 0 Å². The highest BCUT2D eigenvalue weighted by molar-refractivity contribution is 7.89. The number of rotatable bonds is 3. The molecule has 25 heavy (non-hydrogen) atoms. The van der Waals surface area contributed by atoms with Gasteiger partial charge in [0, 0.05) is 25.2 Å². The second-order valence-corrected chi connectivity index (χ2v) is 8.72. The number of hydrogen-bond acceptors (Lipinski definition) is 4. The molecule has 1 aromatic rings. The average molecular weight is 371 g/mol. The zero-order chi connectivity index (χ0) is 18.2. The number of carbonyl (C=O) groups is 1. The number of halogens is 1. The Labute approximate surface area is 146 Å². The van der Waals surface area contributed by atoms with Gasteiger partial charge in [-0.1, -0.05) is 12.1 Å². The quantitative estimate of drug-likeness (QED) is 0.820. The van der Waals surface area contributed by atoms with Crippen LogP contribution in [0.1, 0.15) is 18.4 Å². The first-order valence-corrected chi connectivity index (χ1v) is 9.88. The molecule has 2 aliphatic heterocycles. The fourth-order valence-corrected chi connectivity index (χ4v) is 5.48. The Morgan fingerprint density at radius 3 is 2.64 bits per heavy atom. The molecule has 7 nitrogen and oxygen atoms in total. The van der Waals surface area contributed by atoms with Gasteiger partial charge in [0.05, 0.1) is 11.8 Å². The second kappa shape index (κ2) is 6.89. The van der Waals surface area contributed by atoms with Crippen molar-refractivity contribution in [2.45, 2.75) is 37.4 Å². The summed E-state index contributed by atoms with van der Waals surface area (Å²) >= 11 is 0. The summed E-state index contributed by atoms with van der Waals surface area (Å²) in [5.74, 6) is -0.346. The maximum Gasteiger partial charge on any atom is 0.407 e. The van der Waals surface area contributed by atoms with Gasteiger partial charge >= 0.3 is 6.09 Å². The minimum Gasteiger partial charge on any atom is -0.465 e. The summed E-state index contributed by atoms with van der Waals surface area (Å²) in [5, 5.41) is 9.47. The van der Waals surface area contributed by atoms with Crippen molar-refractivity contribution in [2.75, 3.05) is 18.8 Å². The Bertz CT molecular complexity index is 740. The number of nitrogens with two attached hydrogens (primary N) is 1. The van der Waals surface area contributed by atoms with Crippen molar-refractivity contribution >= 4 is 16.1 Å². The number of hydrogen-bond donors (Lipinski definition) is 2. The van der Waals surface area contributed by atoms with Crippen molar-refractivity contribution < 1.29 is 22.7 Å². The molecule has 4 atom stereocenters. The van der Waals surface area contributed by atoms with Crippen molar-refractivity contribution in [1.29, 1.82) is 0 Å². The molecule has 2 bridgehead atoms. The molecule has 4 unspecified atom stereocenters. The molecule has 1 aromatic carbocycles. The summed E-state index contributed by atoms with van der Waals surface area (Å²) in [4.78, 5) is 12.9. The van der Waals surface area contributed by atoms with E-state index in [-0.39, 0.29) is 30.7 Å². The van der Waals surface area contributed by atoms with Gasteiger partial charge in [-0.05, 0) is 37.0 Å². The monoisotopic (exact) mass is 371 g/mol. The molecule has 0 saturated carbocycles. The van der Waals surface area contributed by atoms with E-state index < -0.39 is 28.2 Å². The fraction of sp³-hybridized carbons (Fsp3) is 0.562. The summed E-state index contributed by atoms with van der Waals surface area (Å²) in [6.07, 6.45) is 0.257. The van der Waals surface area contributed by atoms with Gasteiger partial charge in [-0.25, -0.2) is 17.6 Å². The highest BCUT2D eigenvalue weighted by atomic mass is 32.2. The lowest BCUT2D eigenvalue weighted by molar-refractivity contribution is 0.0610. The topological polar surface area (TPSA) is 104 Å². The number of piperazine rings is 1. The van der Waals surface area contributed by atoms with Gasteiger partial charge < -0.3 is 15.7 Å². The first-order valence-electron chi connectivity index (χ1n) is 8.27. The van der Waals surface area contributed by atoms with Crippen molar-refractivity contribution in [3.8, 4) is 0 Å². The molecule has 0 aliphatic carbocycles. The average Bonchev–Trinajstić information content (AvgIpc) is 2.67. The minimum atomic E-state index is -3.46. The van der Waals surface area contributed by atoms with E-state index >= 15 is 0 Å². The van der Waals surface area contributed by atoms with Gasteiger partial charge in [-0.2, -0.15) is 4.31 Å². The third kappa shape index (κ3) is 3.78. The van der Waals surface area contributed by atoms with E-state index in [4.69, 9.17) is 5.73 Å². The van der Waals surface area contributed by atoms with E-state index in [1.165, 1.54) is 21.3 Å². The smallest absolute Gasteiger partial charge is 0.407 e. The number of nitrogens with zero attached hydrogens (tertiary/aromatic N) is 2. The Morgan fingerprint density at radius 2 is 2.00 bits per heavy atom. The van der Waals surface area contributed by atoms with E-state index in [0.29, 0.717) is 19.3 Å². The van der Waals surface area contributed by atoms with E-state index in [9.17, 15) is 22.7 Å². The van der Waals surface area contributed by atoms with E-state index in [1.807, 2.05) is 0 Å². The molecular formula is C16H22FN3O4S. The van der Waals surface area contributed by atoms with Gasteiger partial charge in [0.25, 0.3) is 0 Å². The number of fused-ring (bicyclic) bond motifs is 2. The lowest BCUT2D eigenvalue weighted by atomic mass is 9.96. The molecule has 0 aromatic heterocycles. The summed E-state index contributed by atoms with van der Waals surface area (Å²) in [7, 11) is -3.46. The van der Waals surface area contributed by atoms with Crippen LogP contribution in [-0.2, 0) is 16.4 Å². The molecule has 0 radical (unpaired) electrons. The lowest BCUT2D eigenvalue weighted by Crippen LogP contribution is -2.65. The zero-order valence-electron chi connectivity index (χ0n) is 13.7. The molecule has 0 spiro atoms.